The largest absolute Gasteiger partial charge is 0.481 e. The predicted octanol–water partition coefficient (Wildman–Crippen LogP) is 4.93. The molecule has 0 bridgehead atoms. The minimum atomic E-state index is -0.767. The molecule has 0 spiro atoms. The van der Waals surface area contributed by atoms with Crippen LogP contribution in [-0.2, 0) is 16.6 Å². The highest BCUT2D eigenvalue weighted by Gasteiger charge is 2.49. The summed E-state index contributed by atoms with van der Waals surface area (Å²) in [5.41, 5.74) is 2.88. The van der Waals surface area contributed by atoms with Gasteiger partial charge >= 0.3 is 5.97 Å². The molecule has 0 fully saturated rings. The molecule has 120 valence electrons. The summed E-state index contributed by atoms with van der Waals surface area (Å²) in [5.74, 6) is -0.173. The molecule has 2 heteroatoms. The Morgan fingerprint density at radius 3 is 2.59 bits per heavy atom. The van der Waals surface area contributed by atoms with Crippen molar-refractivity contribution in [2.75, 3.05) is 0 Å². The zero-order valence-electron chi connectivity index (χ0n) is 14.4. The second kappa shape index (κ2) is 5.57. The fourth-order valence-corrected chi connectivity index (χ4v) is 4.00. The molecule has 1 aromatic rings. The Kier molecular flexibility index (Phi) is 4.25. The molecule has 1 N–H and O–H groups in total. The first kappa shape index (κ1) is 16.8. The zero-order valence-corrected chi connectivity index (χ0v) is 14.4. The first-order valence-corrected chi connectivity index (χ1v) is 8.15. The van der Waals surface area contributed by atoms with Crippen LogP contribution in [0, 0.1) is 11.3 Å². The Bertz CT molecular complexity index is 598. The van der Waals surface area contributed by atoms with Gasteiger partial charge in [0, 0.05) is 5.41 Å². The van der Waals surface area contributed by atoms with Crippen LogP contribution in [0.25, 0.3) is 0 Å². The quantitative estimate of drug-likeness (QED) is 0.801. The van der Waals surface area contributed by atoms with Gasteiger partial charge in [0.25, 0.3) is 0 Å². The molecule has 0 aliphatic heterocycles. The average Bonchev–Trinajstić information content (AvgIpc) is 2.46. The molecule has 2 rings (SSSR count). The van der Waals surface area contributed by atoms with E-state index in [1.165, 1.54) is 16.7 Å². The van der Waals surface area contributed by atoms with E-state index >= 15 is 0 Å². The van der Waals surface area contributed by atoms with Crippen LogP contribution in [0.2, 0.25) is 0 Å². The van der Waals surface area contributed by atoms with Crippen molar-refractivity contribution in [2.45, 2.75) is 58.8 Å². The Morgan fingerprint density at radius 1 is 1.45 bits per heavy atom. The maximum atomic E-state index is 11.7. The SMILES string of the molecule is C=CC1(C)c2ccc(C(C)C)cc2CCC1C(C)(C)C(=O)O. The number of fused-ring (bicyclic) bond motifs is 1. The molecular formula is C20H28O2. The predicted molar refractivity (Wildman–Crippen MR) is 91.3 cm³/mol. The van der Waals surface area contributed by atoms with Crippen LogP contribution in [0.1, 0.15) is 63.6 Å². The molecule has 0 radical (unpaired) electrons. The molecule has 0 saturated carbocycles. The third-order valence-corrected chi connectivity index (χ3v) is 5.65. The average molecular weight is 300 g/mol. The lowest BCUT2D eigenvalue weighted by Crippen LogP contribution is -2.47. The number of allylic oxidation sites excluding steroid dienone is 1. The zero-order chi connectivity index (χ0) is 16.7. The number of aliphatic carboxylic acids is 1. The van der Waals surface area contributed by atoms with Gasteiger partial charge in [0.15, 0.2) is 0 Å². The number of carboxylic acid groups (broad SMARTS) is 1. The van der Waals surface area contributed by atoms with E-state index in [2.05, 4.69) is 45.5 Å². The summed E-state index contributed by atoms with van der Waals surface area (Å²) in [6.07, 6.45) is 3.78. The number of carbonyl (C=O) groups is 1. The second-order valence-corrected chi connectivity index (χ2v) is 7.68. The molecule has 0 aromatic heterocycles. The molecule has 0 saturated heterocycles. The van der Waals surface area contributed by atoms with Gasteiger partial charge in [-0.2, -0.15) is 0 Å². The molecular weight excluding hydrogens is 272 g/mol. The standard InChI is InChI=1S/C20H28O2/c1-7-20(6)16-10-8-14(13(2)3)12-15(16)9-11-17(20)19(4,5)18(21)22/h7-8,10,12-13,17H,1,9,11H2,2-6H3,(H,21,22). The highest BCUT2D eigenvalue weighted by atomic mass is 16.4. The number of carboxylic acids is 1. The fraction of sp³-hybridized carbons (Fsp3) is 0.550. The lowest BCUT2D eigenvalue weighted by Gasteiger charge is -2.47. The molecule has 2 unspecified atom stereocenters. The van der Waals surface area contributed by atoms with E-state index in [1.54, 1.807) is 0 Å². The van der Waals surface area contributed by atoms with Crippen molar-refractivity contribution in [3.63, 3.8) is 0 Å². The van der Waals surface area contributed by atoms with E-state index in [0.29, 0.717) is 5.92 Å². The van der Waals surface area contributed by atoms with Crippen LogP contribution in [0.15, 0.2) is 30.9 Å². The summed E-state index contributed by atoms with van der Waals surface area (Å²) in [5, 5.41) is 9.65. The summed E-state index contributed by atoms with van der Waals surface area (Å²) in [6.45, 7) is 14.3. The molecule has 2 nitrogen and oxygen atoms in total. The number of rotatable bonds is 4. The first-order valence-electron chi connectivity index (χ1n) is 8.15. The second-order valence-electron chi connectivity index (χ2n) is 7.68. The molecule has 1 aromatic carbocycles. The van der Waals surface area contributed by atoms with E-state index in [0.717, 1.165) is 12.8 Å². The minimum absolute atomic E-state index is 0.0485. The Morgan fingerprint density at radius 2 is 2.09 bits per heavy atom. The lowest BCUT2D eigenvalue weighted by molar-refractivity contribution is -0.151. The number of hydrogen-bond acceptors (Lipinski definition) is 1. The van der Waals surface area contributed by atoms with Gasteiger partial charge in [0.2, 0.25) is 0 Å². The topological polar surface area (TPSA) is 37.3 Å². The van der Waals surface area contributed by atoms with E-state index in [4.69, 9.17) is 0 Å². The van der Waals surface area contributed by atoms with E-state index in [-0.39, 0.29) is 11.3 Å². The van der Waals surface area contributed by atoms with Crippen LogP contribution in [-0.4, -0.2) is 11.1 Å². The summed E-state index contributed by atoms with van der Waals surface area (Å²) < 4.78 is 0. The molecule has 1 aliphatic rings. The molecule has 22 heavy (non-hydrogen) atoms. The molecule has 0 amide bonds. The van der Waals surface area contributed by atoms with E-state index < -0.39 is 11.4 Å². The third-order valence-electron chi connectivity index (χ3n) is 5.65. The van der Waals surface area contributed by atoms with Crippen molar-refractivity contribution in [1.82, 2.24) is 0 Å². The molecule has 1 aliphatic carbocycles. The molecule has 2 atom stereocenters. The van der Waals surface area contributed by atoms with Crippen molar-refractivity contribution < 1.29 is 9.90 Å². The van der Waals surface area contributed by atoms with Gasteiger partial charge in [0.1, 0.15) is 0 Å². The van der Waals surface area contributed by atoms with Gasteiger partial charge in [-0.25, -0.2) is 0 Å². The van der Waals surface area contributed by atoms with Gasteiger partial charge < -0.3 is 5.11 Å². The van der Waals surface area contributed by atoms with Crippen molar-refractivity contribution >= 4 is 5.97 Å². The molecule has 0 heterocycles. The van der Waals surface area contributed by atoms with Gasteiger partial charge in [-0.3, -0.25) is 4.79 Å². The maximum Gasteiger partial charge on any atom is 0.309 e. The monoisotopic (exact) mass is 300 g/mol. The Balaban J connectivity index is 2.55. The third kappa shape index (κ3) is 2.49. The van der Waals surface area contributed by atoms with Gasteiger partial charge in [-0.05, 0) is 55.2 Å². The van der Waals surface area contributed by atoms with E-state index in [9.17, 15) is 9.90 Å². The summed E-state index contributed by atoms with van der Waals surface area (Å²) in [4.78, 5) is 11.7. The smallest absolute Gasteiger partial charge is 0.309 e. The summed E-state index contributed by atoms with van der Waals surface area (Å²) >= 11 is 0. The Labute approximate surface area is 134 Å². The number of benzene rings is 1. The van der Waals surface area contributed by atoms with Gasteiger partial charge in [-0.1, -0.05) is 45.0 Å². The summed E-state index contributed by atoms with van der Waals surface area (Å²) in [7, 11) is 0. The first-order chi connectivity index (χ1) is 10.1. The highest BCUT2D eigenvalue weighted by molar-refractivity contribution is 5.74. The van der Waals surface area contributed by atoms with Crippen LogP contribution in [0.4, 0.5) is 0 Å². The summed E-state index contributed by atoms with van der Waals surface area (Å²) in [6, 6.07) is 6.67. The fourth-order valence-electron chi connectivity index (χ4n) is 4.00. The maximum absolute atomic E-state index is 11.7. The van der Waals surface area contributed by atoms with Crippen molar-refractivity contribution in [3.05, 3.63) is 47.5 Å². The Hall–Kier alpha value is -1.57. The van der Waals surface area contributed by atoms with Crippen LogP contribution in [0.3, 0.4) is 0 Å². The number of hydrogen-bond donors (Lipinski definition) is 1. The number of aryl methyl sites for hydroxylation is 1. The van der Waals surface area contributed by atoms with Crippen molar-refractivity contribution in [3.8, 4) is 0 Å². The van der Waals surface area contributed by atoms with Crippen molar-refractivity contribution in [1.29, 1.82) is 0 Å². The van der Waals surface area contributed by atoms with Gasteiger partial charge in [0.05, 0.1) is 5.41 Å². The highest BCUT2D eigenvalue weighted by Crippen LogP contribution is 2.50. The van der Waals surface area contributed by atoms with Crippen LogP contribution < -0.4 is 0 Å². The van der Waals surface area contributed by atoms with Crippen LogP contribution >= 0.6 is 0 Å². The van der Waals surface area contributed by atoms with Gasteiger partial charge in [-0.15, -0.1) is 6.58 Å². The normalized spacial score (nSPS) is 24.9. The van der Waals surface area contributed by atoms with Crippen molar-refractivity contribution in [2.24, 2.45) is 11.3 Å². The van der Waals surface area contributed by atoms with Crippen LogP contribution in [0.5, 0.6) is 0 Å². The van der Waals surface area contributed by atoms with E-state index in [1.807, 2.05) is 19.9 Å². The minimum Gasteiger partial charge on any atom is -0.481 e. The lowest BCUT2D eigenvalue weighted by atomic mass is 9.56.